The number of likely N-dealkylation sites (N-methyl/N-ethyl adjacent to an activating group) is 1. The third kappa shape index (κ3) is 6.39. The van der Waals surface area contributed by atoms with Crippen LogP contribution in [0.25, 0.3) is 0 Å². The smallest absolute Gasteiger partial charge is 0.329 e. The lowest BCUT2D eigenvalue weighted by Crippen LogP contribution is -2.50. The lowest BCUT2D eigenvalue weighted by molar-refractivity contribution is -0.150. The van der Waals surface area contributed by atoms with E-state index >= 15 is 0 Å². The van der Waals surface area contributed by atoms with Gasteiger partial charge in [-0.1, -0.05) is 49.4 Å². The van der Waals surface area contributed by atoms with E-state index in [4.69, 9.17) is 4.74 Å². The van der Waals surface area contributed by atoms with Gasteiger partial charge in [-0.3, -0.25) is 4.90 Å². The topological polar surface area (TPSA) is 70.1 Å². The molecule has 1 heterocycles. The molecule has 31 heavy (non-hydrogen) atoms. The molecule has 1 atom stereocenters. The van der Waals surface area contributed by atoms with Gasteiger partial charge in [0.1, 0.15) is 11.8 Å². The van der Waals surface area contributed by atoms with Crippen LogP contribution in [0.15, 0.2) is 54.6 Å². The quantitative estimate of drug-likeness (QED) is 0.651. The third-order valence-electron chi connectivity index (χ3n) is 5.55. The number of aldehydes is 1. The number of hydrogen-bond acceptors (Lipinski definition) is 5. The molecule has 1 aliphatic heterocycles. The van der Waals surface area contributed by atoms with E-state index in [1.807, 2.05) is 75.6 Å². The molecule has 1 N–H and O–H groups in total. The summed E-state index contributed by atoms with van der Waals surface area (Å²) in [5, 5.41) is 10.2. The Bertz CT molecular complexity index is 802. The number of carbonyl (C=O) groups is 2. The second-order valence-corrected chi connectivity index (χ2v) is 7.82. The Morgan fingerprint density at radius 1 is 1.10 bits per heavy atom. The van der Waals surface area contributed by atoms with Crippen LogP contribution in [0.2, 0.25) is 0 Å². The molecule has 168 valence electrons. The number of hydrogen-bond donors (Lipinski definition) is 1. The molecule has 0 spiro atoms. The summed E-state index contributed by atoms with van der Waals surface area (Å²) in [5.41, 5.74) is 1.79. The van der Waals surface area contributed by atoms with Crippen molar-refractivity contribution in [1.82, 2.24) is 4.90 Å². The molecule has 1 unspecified atom stereocenters. The van der Waals surface area contributed by atoms with Crippen LogP contribution in [-0.2, 0) is 26.3 Å². The van der Waals surface area contributed by atoms with Crippen molar-refractivity contribution in [3.63, 3.8) is 0 Å². The number of aliphatic carboxylic acids is 1. The summed E-state index contributed by atoms with van der Waals surface area (Å²) >= 11 is 0. The average molecular weight is 427 g/mol. The average Bonchev–Trinajstić information content (AvgIpc) is 2.79. The number of carboxylic acid groups (broad SMARTS) is 1. The van der Waals surface area contributed by atoms with Crippen molar-refractivity contribution < 1.29 is 19.4 Å². The number of anilines is 1. The zero-order valence-corrected chi connectivity index (χ0v) is 18.8. The summed E-state index contributed by atoms with van der Waals surface area (Å²) in [4.78, 5) is 25.9. The molecule has 0 amide bonds. The highest BCUT2D eigenvalue weighted by atomic mass is 16.5. The minimum Gasteiger partial charge on any atom is -0.480 e. The van der Waals surface area contributed by atoms with Gasteiger partial charge in [0, 0.05) is 31.6 Å². The van der Waals surface area contributed by atoms with Crippen molar-refractivity contribution in [2.24, 2.45) is 0 Å². The molecule has 2 aromatic rings. The van der Waals surface area contributed by atoms with Gasteiger partial charge in [0.15, 0.2) is 0 Å². The van der Waals surface area contributed by atoms with Crippen LogP contribution in [-0.4, -0.2) is 62.7 Å². The van der Waals surface area contributed by atoms with Crippen LogP contribution in [0, 0.1) is 0 Å². The first kappa shape index (κ1) is 24.6. The molecule has 2 aromatic carbocycles. The Morgan fingerprint density at radius 2 is 1.71 bits per heavy atom. The van der Waals surface area contributed by atoms with Gasteiger partial charge in [0.2, 0.25) is 0 Å². The zero-order chi connectivity index (χ0) is 22.7. The van der Waals surface area contributed by atoms with E-state index in [9.17, 15) is 14.7 Å². The lowest BCUT2D eigenvalue weighted by atomic mass is 9.82. The van der Waals surface area contributed by atoms with E-state index in [0.717, 1.165) is 55.8 Å². The first-order chi connectivity index (χ1) is 15.0. The van der Waals surface area contributed by atoms with Crippen molar-refractivity contribution in [2.75, 3.05) is 45.3 Å². The number of benzene rings is 2. The monoisotopic (exact) mass is 426 g/mol. The van der Waals surface area contributed by atoms with E-state index in [-0.39, 0.29) is 0 Å². The molecule has 6 heteroatoms. The molecule has 1 saturated heterocycles. The Labute approximate surface area is 185 Å². The summed E-state index contributed by atoms with van der Waals surface area (Å²) in [6, 6.07) is 17.7. The molecule has 3 rings (SSSR count). The van der Waals surface area contributed by atoms with Crippen molar-refractivity contribution >= 4 is 17.9 Å². The van der Waals surface area contributed by atoms with Crippen LogP contribution in [0.1, 0.15) is 30.9 Å². The van der Waals surface area contributed by atoms with E-state index in [1.54, 1.807) is 4.90 Å². The highest BCUT2D eigenvalue weighted by Gasteiger charge is 2.43. The number of carbonyl (C=O) groups excluding carboxylic acids is 1. The van der Waals surface area contributed by atoms with Crippen LogP contribution >= 0.6 is 0 Å². The number of ether oxygens (including phenoxy) is 1. The summed E-state index contributed by atoms with van der Waals surface area (Å²) in [6.45, 7) is 5.16. The fraction of sp³-hybridized carbons (Fsp3) is 0.440. The fourth-order valence-electron chi connectivity index (χ4n) is 3.69. The van der Waals surface area contributed by atoms with Gasteiger partial charge >= 0.3 is 5.97 Å². The van der Waals surface area contributed by atoms with E-state index in [1.165, 1.54) is 0 Å². The number of nitrogens with zero attached hydrogens (tertiary/aromatic N) is 2. The second kappa shape index (κ2) is 12.2. The first-order valence-electron chi connectivity index (χ1n) is 10.8. The van der Waals surface area contributed by atoms with Gasteiger partial charge in [-0.2, -0.15) is 0 Å². The summed E-state index contributed by atoms with van der Waals surface area (Å²) < 4.78 is 5.40. The van der Waals surface area contributed by atoms with Crippen molar-refractivity contribution in [3.05, 3.63) is 65.7 Å². The largest absolute Gasteiger partial charge is 0.480 e. The van der Waals surface area contributed by atoms with Gasteiger partial charge < -0.3 is 19.5 Å². The van der Waals surface area contributed by atoms with Gasteiger partial charge in [-0.05, 0) is 43.8 Å². The molecule has 0 saturated carbocycles. The number of rotatable bonds is 8. The van der Waals surface area contributed by atoms with Crippen molar-refractivity contribution in [3.8, 4) is 0 Å². The summed E-state index contributed by atoms with van der Waals surface area (Å²) in [7, 11) is 3.65. The van der Waals surface area contributed by atoms with Gasteiger partial charge in [0.25, 0.3) is 0 Å². The van der Waals surface area contributed by atoms with Crippen molar-refractivity contribution in [1.29, 1.82) is 0 Å². The fourth-order valence-corrected chi connectivity index (χ4v) is 3.69. The SMILES string of the molecule is CCCC=O.CN(C)C(Cc1ccccc1)(C(=O)O)c1ccc(N2CCOCC2)cc1. The molecule has 6 nitrogen and oxygen atoms in total. The number of unbranched alkanes of at least 4 members (excludes halogenated alkanes) is 1. The predicted octanol–water partition coefficient (Wildman–Crippen LogP) is 3.59. The van der Waals surface area contributed by atoms with Gasteiger partial charge in [-0.25, -0.2) is 4.79 Å². The van der Waals surface area contributed by atoms with Gasteiger partial charge in [0.05, 0.1) is 13.2 Å². The zero-order valence-electron chi connectivity index (χ0n) is 18.8. The Kier molecular flexibility index (Phi) is 9.69. The Hall–Kier alpha value is -2.70. The molecule has 0 aromatic heterocycles. The van der Waals surface area contributed by atoms with Crippen LogP contribution in [0.3, 0.4) is 0 Å². The molecular formula is C25H34N2O4. The lowest BCUT2D eigenvalue weighted by Gasteiger charge is -2.37. The third-order valence-corrected chi connectivity index (χ3v) is 5.55. The van der Waals surface area contributed by atoms with Crippen molar-refractivity contribution in [2.45, 2.75) is 31.7 Å². The number of carboxylic acids is 1. The summed E-state index contributed by atoms with van der Waals surface area (Å²) in [5.74, 6) is -0.842. The normalized spacial score (nSPS) is 15.5. The van der Waals surface area contributed by atoms with E-state index in [2.05, 4.69) is 4.90 Å². The maximum absolute atomic E-state index is 12.4. The molecule has 0 bridgehead atoms. The van der Waals surface area contributed by atoms with E-state index < -0.39 is 11.5 Å². The first-order valence-corrected chi connectivity index (χ1v) is 10.8. The molecule has 0 radical (unpaired) electrons. The van der Waals surface area contributed by atoms with Crippen LogP contribution < -0.4 is 4.90 Å². The molecule has 1 fully saturated rings. The highest BCUT2D eigenvalue weighted by molar-refractivity contribution is 5.81. The van der Waals surface area contributed by atoms with E-state index in [0.29, 0.717) is 12.8 Å². The summed E-state index contributed by atoms with van der Waals surface area (Å²) in [6.07, 6.45) is 3.02. The second-order valence-electron chi connectivity index (χ2n) is 7.82. The Morgan fingerprint density at radius 3 is 2.16 bits per heavy atom. The maximum Gasteiger partial charge on any atom is 0.329 e. The van der Waals surface area contributed by atoms with Gasteiger partial charge in [-0.15, -0.1) is 0 Å². The Balaban J connectivity index is 0.000000614. The van der Waals surface area contributed by atoms with Crippen LogP contribution in [0.5, 0.6) is 0 Å². The molecule has 1 aliphatic rings. The minimum absolute atomic E-state index is 0.410. The standard InChI is InChI=1S/C21H26N2O3.C4H8O/c1-22(2)21(20(24)25,16-17-6-4-3-5-7-17)18-8-10-19(11-9-18)23-12-14-26-15-13-23;1-2-3-4-5/h3-11H,12-16H2,1-2H3,(H,24,25);4H,2-3H2,1H3. The number of morpholine rings is 1. The highest BCUT2D eigenvalue weighted by Crippen LogP contribution is 2.33. The molecular weight excluding hydrogens is 392 g/mol. The maximum atomic E-state index is 12.4. The molecule has 0 aliphatic carbocycles. The predicted molar refractivity (Wildman–Crippen MR) is 124 cm³/mol. The minimum atomic E-state index is -1.11. The van der Waals surface area contributed by atoms with Crippen LogP contribution in [0.4, 0.5) is 5.69 Å².